The smallest absolute Gasteiger partial charge is 0.449 e. The summed E-state index contributed by atoms with van der Waals surface area (Å²) in [5.74, 6) is -0.982. The topological polar surface area (TPSA) is 34.4 Å². The molecular weight excluding hydrogens is 235 g/mol. The van der Waals surface area contributed by atoms with Crippen molar-refractivity contribution in [1.82, 2.24) is 5.48 Å². The average molecular weight is 245 g/mol. The number of furan rings is 1. The van der Waals surface area contributed by atoms with Crippen molar-refractivity contribution in [3.63, 3.8) is 0 Å². The van der Waals surface area contributed by atoms with Gasteiger partial charge in [-0.25, -0.2) is 0 Å². The molecule has 0 aliphatic heterocycles. The van der Waals surface area contributed by atoms with Crippen molar-refractivity contribution in [3.8, 4) is 0 Å². The van der Waals surface area contributed by atoms with Crippen molar-refractivity contribution in [2.24, 2.45) is 0 Å². The predicted molar refractivity (Wildman–Crippen MR) is 55.1 cm³/mol. The lowest BCUT2D eigenvalue weighted by atomic mass is 10.1. The summed E-state index contributed by atoms with van der Waals surface area (Å²) in [4.78, 5) is 4.66. The van der Waals surface area contributed by atoms with Gasteiger partial charge in [0.1, 0.15) is 5.58 Å². The van der Waals surface area contributed by atoms with Crippen LogP contribution < -0.4 is 5.48 Å². The first kappa shape index (κ1) is 11.9. The molecule has 0 amide bonds. The lowest BCUT2D eigenvalue weighted by Crippen LogP contribution is -2.10. The highest BCUT2D eigenvalue weighted by Gasteiger charge is 2.35. The van der Waals surface area contributed by atoms with Crippen LogP contribution in [-0.2, 0) is 17.6 Å². The van der Waals surface area contributed by atoms with E-state index in [0.29, 0.717) is 11.9 Å². The second kappa shape index (κ2) is 4.38. The standard InChI is InChI=1S/C11H10F3NO2/c1-16-15-6-7-2-3-9-8(4-7)5-10(17-9)11(12,13)14/h2-5,15H,6H2,1H3. The maximum atomic E-state index is 12.4. The Labute approximate surface area is 95.1 Å². The van der Waals surface area contributed by atoms with Crippen molar-refractivity contribution >= 4 is 11.0 Å². The molecule has 0 unspecified atom stereocenters. The molecule has 0 saturated heterocycles. The summed E-state index contributed by atoms with van der Waals surface area (Å²) < 4.78 is 41.9. The molecule has 0 bridgehead atoms. The van der Waals surface area contributed by atoms with Gasteiger partial charge in [0.05, 0.1) is 7.11 Å². The Balaban J connectivity index is 2.34. The van der Waals surface area contributed by atoms with Crippen LogP contribution in [0.15, 0.2) is 28.7 Å². The SMILES string of the molecule is CONCc1ccc2oc(C(F)(F)F)cc2c1. The van der Waals surface area contributed by atoms with Crippen LogP contribution in [0.1, 0.15) is 11.3 Å². The van der Waals surface area contributed by atoms with E-state index in [2.05, 4.69) is 10.3 Å². The van der Waals surface area contributed by atoms with Crippen LogP contribution in [0.25, 0.3) is 11.0 Å². The van der Waals surface area contributed by atoms with Gasteiger partial charge >= 0.3 is 6.18 Å². The number of hydroxylamine groups is 1. The molecule has 1 heterocycles. The molecule has 0 aliphatic carbocycles. The molecule has 17 heavy (non-hydrogen) atoms. The Kier molecular flexibility index (Phi) is 3.08. The Morgan fingerprint density at radius 3 is 2.71 bits per heavy atom. The summed E-state index contributed by atoms with van der Waals surface area (Å²) in [7, 11) is 1.47. The molecule has 0 spiro atoms. The summed E-state index contributed by atoms with van der Waals surface area (Å²) in [5, 5.41) is 0.424. The Morgan fingerprint density at radius 1 is 1.29 bits per heavy atom. The van der Waals surface area contributed by atoms with Crippen molar-refractivity contribution in [2.45, 2.75) is 12.7 Å². The largest absolute Gasteiger partial charge is 0.452 e. The molecule has 2 rings (SSSR count). The van der Waals surface area contributed by atoms with Crippen molar-refractivity contribution in [2.75, 3.05) is 7.11 Å². The van der Waals surface area contributed by atoms with Crippen LogP contribution in [0, 0.1) is 0 Å². The second-order valence-corrected chi connectivity index (χ2v) is 3.51. The number of halogens is 3. The highest BCUT2D eigenvalue weighted by molar-refractivity contribution is 5.78. The third kappa shape index (κ3) is 2.59. The summed E-state index contributed by atoms with van der Waals surface area (Å²) in [6, 6.07) is 5.81. The van der Waals surface area contributed by atoms with E-state index in [1.807, 2.05) is 0 Å². The second-order valence-electron chi connectivity index (χ2n) is 3.51. The highest BCUT2D eigenvalue weighted by atomic mass is 19.4. The minimum absolute atomic E-state index is 0.221. The molecular formula is C11H10F3NO2. The van der Waals surface area contributed by atoms with Crippen LogP contribution >= 0.6 is 0 Å². The molecule has 0 fully saturated rings. The van der Waals surface area contributed by atoms with Gasteiger partial charge in [-0.05, 0) is 23.8 Å². The monoisotopic (exact) mass is 245 g/mol. The van der Waals surface area contributed by atoms with Gasteiger partial charge in [-0.15, -0.1) is 0 Å². The zero-order valence-electron chi connectivity index (χ0n) is 8.97. The molecule has 92 valence electrons. The number of nitrogens with one attached hydrogen (secondary N) is 1. The zero-order valence-corrected chi connectivity index (χ0v) is 8.97. The highest BCUT2D eigenvalue weighted by Crippen LogP contribution is 2.33. The Hall–Kier alpha value is -1.53. The molecule has 6 heteroatoms. The summed E-state index contributed by atoms with van der Waals surface area (Å²) in [6.45, 7) is 0.416. The summed E-state index contributed by atoms with van der Waals surface area (Å²) in [5.41, 5.74) is 3.65. The summed E-state index contributed by atoms with van der Waals surface area (Å²) in [6.07, 6.45) is -4.45. The fraction of sp³-hybridized carbons (Fsp3) is 0.273. The first-order valence-electron chi connectivity index (χ1n) is 4.86. The maximum absolute atomic E-state index is 12.4. The molecule has 0 radical (unpaired) electrons. The van der Waals surface area contributed by atoms with Crippen molar-refractivity contribution in [3.05, 3.63) is 35.6 Å². The summed E-state index contributed by atoms with van der Waals surface area (Å²) >= 11 is 0. The van der Waals surface area contributed by atoms with Gasteiger partial charge in [0.2, 0.25) is 5.76 Å². The van der Waals surface area contributed by atoms with E-state index in [1.165, 1.54) is 13.2 Å². The van der Waals surface area contributed by atoms with Gasteiger partial charge < -0.3 is 9.25 Å². The molecule has 3 nitrogen and oxygen atoms in total. The third-order valence-electron chi connectivity index (χ3n) is 2.28. The lowest BCUT2D eigenvalue weighted by molar-refractivity contribution is -0.152. The van der Waals surface area contributed by atoms with Crippen LogP contribution in [0.2, 0.25) is 0 Å². The maximum Gasteiger partial charge on any atom is 0.449 e. The number of alkyl halides is 3. The molecule has 0 aliphatic rings. The Morgan fingerprint density at radius 2 is 2.06 bits per heavy atom. The van der Waals surface area contributed by atoms with Crippen LogP contribution in [0.3, 0.4) is 0 Å². The Bertz CT molecular complexity index is 519. The molecule has 1 aromatic carbocycles. The molecule has 0 atom stereocenters. The molecule has 0 saturated carbocycles. The molecule has 1 aromatic heterocycles. The number of hydrogen-bond donors (Lipinski definition) is 1. The number of rotatable bonds is 3. The first-order valence-corrected chi connectivity index (χ1v) is 4.86. The normalized spacial score (nSPS) is 12.2. The van der Waals surface area contributed by atoms with Gasteiger partial charge in [-0.3, -0.25) is 0 Å². The van der Waals surface area contributed by atoms with Crippen molar-refractivity contribution in [1.29, 1.82) is 0 Å². The fourth-order valence-corrected chi connectivity index (χ4v) is 1.50. The lowest BCUT2D eigenvalue weighted by Gasteiger charge is -2.01. The minimum Gasteiger partial charge on any atom is -0.452 e. The van der Waals surface area contributed by atoms with E-state index in [9.17, 15) is 13.2 Å². The molecule has 1 N–H and O–H groups in total. The van der Waals surface area contributed by atoms with E-state index in [1.54, 1.807) is 12.1 Å². The van der Waals surface area contributed by atoms with E-state index in [-0.39, 0.29) is 5.58 Å². The number of hydrogen-bond acceptors (Lipinski definition) is 3. The number of benzene rings is 1. The zero-order chi connectivity index (χ0) is 12.5. The fourth-order valence-electron chi connectivity index (χ4n) is 1.50. The van der Waals surface area contributed by atoms with Gasteiger partial charge in [0.15, 0.2) is 0 Å². The van der Waals surface area contributed by atoms with E-state index < -0.39 is 11.9 Å². The first-order chi connectivity index (χ1) is 8.00. The van der Waals surface area contributed by atoms with E-state index in [4.69, 9.17) is 4.42 Å². The van der Waals surface area contributed by atoms with E-state index >= 15 is 0 Å². The van der Waals surface area contributed by atoms with Crippen LogP contribution in [-0.4, -0.2) is 7.11 Å². The quantitative estimate of drug-likeness (QED) is 0.844. The van der Waals surface area contributed by atoms with Gasteiger partial charge in [-0.2, -0.15) is 18.7 Å². The van der Waals surface area contributed by atoms with Crippen molar-refractivity contribution < 1.29 is 22.4 Å². The van der Waals surface area contributed by atoms with Crippen LogP contribution in [0.4, 0.5) is 13.2 Å². The van der Waals surface area contributed by atoms with E-state index in [0.717, 1.165) is 11.6 Å². The minimum atomic E-state index is -4.45. The third-order valence-corrected chi connectivity index (χ3v) is 2.28. The van der Waals surface area contributed by atoms with Crippen LogP contribution in [0.5, 0.6) is 0 Å². The molecule has 2 aromatic rings. The van der Waals surface area contributed by atoms with Gasteiger partial charge in [0.25, 0.3) is 0 Å². The van der Waals surface area contributed by atoms with Gasteiger partial charge in [-0.1, -0.05) is 6.07 Å². The van der Waals surface area contributed by atoms with Gasteiger partial charge in [0, 0.05) is 11.9 Å². The average Bonchev–Trinajstić information content (AvgIpc) is 2.68. The predicted octanol–water partition coefficient (Wildman–Crippen LogP) is 3.10. The number of fused-ring (bicyclic) bond motifs is 1.